The highest BCUT2D eigenvalue weighted by molar-refractivity contribution is 5.70. The van der Waals surface area contributed by atoms with E-state index in [1.54, 1.807) is 47.0 Å². The largest absolute Gasteiger partial charge is 0.437 e. The van der Waals surface area contributed by atoms with Gasteiger partial charge in [-0.1, -0.05) is 42.5 Å². The van der Waals surface area contributed by atoms with Crippen LogP contribution in [0.1, 0.15) is 36.9 Å². The number of nitrogens with zero attached hydrogens (tertiary/aromatic N) is 2. The van der Waals surface area contributed by atoms with Crippen LogP contribution in [0.2, 0.25) is 0 Å². The fraction of sp³-hybridized carbons (Fsp3) is 0.259. The molecule has 1 amide bonds. The molecule has 1 aliphatic heterocycles. The van der Waals surface area contributed by atoms with Crippen molar-refractivity contribution < 1.29 is 13.9 Å². The third kappa shape index (κ3) is 4.33. The van der Waals surface area contributed by atoms with Crippen LogP contribution in [0.5, 0.6) is 0 Å². The standard InChI is InChI=1S/C27H27FN2O3/c1-4-15-27(22-11-13-23(28)14-12-22)16-18-30(26(32)33-27)19(2)20-7-9-21(10-8-20)24-6-5-17-29(3)25(24)31/h4-14,17,19H,1,15-16,18H2,2-3H3/t19-,27?/m0/s1. The summed E-state index contributed by atoms with van der Waals surface area (Å²) in [6.07, 6.45) is 4.05. The van der Waals surface area contributed by atoms with Crippen LogP contribution in [-0.2, 0) is 17.4 Å². The molecule has 0 radical (unpaired) electrons. The summed E-state index contributed by atoms with van der Waals surface area (Å²) in [4.78, 5) is 27.2. The van der Waals surface area contributed by atoms with Gasteiger partial charge in [-0.3, -0.25) is 4.79 Å². The molecule has 5 nitrogen and oxygen atoms in total. The summed E-state index contributed by atoms with van der Waals surface area (Å²) < 4.78 is 20.9. The van der Waals surface area contributed by atoms with Crippen LogP contribution in [0.15, 0.2) is 84.3 Å². The SMILES string of the molecule is C=CCC1(c2ccc(F)cc2)CCN([C@@H](C)c2ccc(-c3cccn(C)c3=O)cc2)C(=O)O1. The molecule has 0 spiro atoms. The molecule has 4 rings (SSSR count). The molecule has 1 unspecified atom stereocenters. The van der Waals surface area contributed by atoms with Crippen molar-refractivity contribution >= 4 is 6.09 Å². The highest BCUT2D eigenvalue weighted by Gasteiger charge is 2.42. The zero-order valence-corrected chi connectivity index (χ0v) is 18.8. The first-order chi connectivity index (χ1) is 15.8. The van der Waals surface area contributed by atoms with Crippen LogP contribution < -0.4 is 5.56 Å². The molecular weight excluding hydrogens is 419 g/mol. The monoisotopic (exact) mass is 446 g/mol. The number of carbonyl (C=O) groups excluding carboxylic acids is 1. The number of halogens is 1. The third-order valence-electron chi connectivity index (χ3n) is 6.41. The fourth-order valence-corrected chi connectivity index (χ4v) is 4.41. The summed E-state index contributed by atoms with van der Waals surface area (Å²) in [5, 5.41) is 0. The minimum Gasteiger partial charge on any atom is -0.437 e. The number of aromatic nitrogens is 1. The number of carbonyl (C=O) groups is 1. The lowest BCUT2D eigenvalue weighted by molar-refractivity contribution is -0.0588. The van der Waals surface area contributed by atoms with Crippen LogP contribution in [0.3, 0.4) is 0 Å². The molecule has 2 heterocycles. The van der Waals surface area contributed by atoms with E-state index < -0.39 is 11.7 Å². The summed E-state index contributed by atoms with van der Waals surface area (Å²) in [7, 11) is 1.72. The van der Waals surface area contributed by atoms with Crippen molar-refractivity contribution in [3.8, 4) is 11.1 Å². The summed E-state index contributed by atoms with van der Waals surface area (Å²) in [6, 6.07) is 17.2. The number of aryl methyl sites for hydroxylation is 1. The smallest absolute Gasteiger partial charge is 0.411 e. The predicted octanol–water partition coefficient (Wildman–Crippen LogP) is 5.57. The molecule has 1 fully saturated rings. The maximum atomic E-state index is 13.4. The van der Waals surface area contributed by atoms with Crippen molar-refractivity contribution in [2.24, 2.45) is 7.05 Å². The number of ether oxygens (including phenoxy) is 1. The van der Waals surface area contributed by atoms with Crippen LogP contribution in [0.4, 0.5) is 9.18 Å². The number of amides is 1. The van der Waals surface area contributed by atoms with E-state index in [0.717, 1.165) is 16.7 Å². The lowest BCUT2D eigenvalue weighted by Gasteiger charge is -2.43. The first-order valence-electron chi connectivity index (χ1n) is 11.0. The van der Waals surface area contributed by atoms with Gasteiger partial charge in [-0.15, -0.1) is 6.58 Å². The molecule has 1 saturated heterocycles. The Kier molecular flexibility index (Phi) is 6.18. The second-order valence-corrected chi connectivity index (χ2v) is 8.44. The highest BCUT2D eigenvalue weighted by Crippen LogP contribution is 2.40. The molecule has 3 aromatic rings. The molecule has 6 heteroatoms. The van der Waals surface area contributed by atoms with Gasteiger partial charge in [-0.2, -0.15) is 0 Å². The first kappa shape index (κ1) is 22.5. The zero-order valence-electron chi connectivity index (χ0n) is 18.8. The van der Waals surface area contributed by atoms with Crippen LogP contribution >= 0.6 is 0 Å². The van der Waals surface area contributed by atoms with Crippen molar-refractivity contribution in [2.75, 3.05) is 6.54 Å². The van der Waals surface area contributed by atoms with Crippen molar-refractivity contribution in [1.29, 1.82) is 0 Å². The van der Waals surface area contributed by atoms with Crippen molar-refractivity contribution in [3.05, 3.63) is 107 Å². The highest BCUT2D eigenvalue weighted by atomic mass is 19.1. The van der Waals surface area contributed by atoms with Crippen molar-refractivity contribution in [3.63, 3.8) is 0 Å². The molecule has 170 valence electrons. The lowest BCUT2D eigenvalue weighted by Crippen LogP contribution is -2.48. The Hall–Kier alpha value is -3.67. The predicted molar refractivity (Wildman–Crippen MR) is 126 cm³/mol. The van der Waals surface area contributed by atoms with Gasteiger partial charge in [0.25, 0.3) is 5.56 Å². The average Bonchev–Trinajstić information content (AvgIpc) is 2.81. The molecule has 2 aromatic carbocycles. The molecule has 0 saturated carbocycles. The molecule has 33 heavy (non-hydrogen) atoms. The minimum absolute atomic E-state index is 0.0581. The molecule has 1 aromatic heterocycles. The normalized spacial score (nSPS) is 19.1. The Labute approximate surface area is 192 Å². The van der Waals surface area contributed by atoms with E-state index in [-0.39, 0.29) is 17.4 Å². The number of hydrogen-bond acceptors (Lipinski definition) is 3. The third-order valence-corrected chi connectivity index (χ3v) is 6.41. The van der Waals surface area contributed by atoms with Crippen LogP contribution in [0, 0.1) is 5.82 Å². The summed E-state index contributed by atoms with van der Waals surface area (Å²) in [6.45, 7) is 6.26. The summed E-state index contributed by atoms with van der Waals surface area (Å²) >= 11 is 0. The van der Waals surface area contributed by atoms with E-state index in [1.165, 1.54) is 12.1 Å². The first-order valence-corrected chi connectivity index (χ1v) is 11.0. The molecule has 2 atom stereocenters. The van der Waals surface area contributed by atoms with Crippen LogP contribution in [-0.4, -0.2) is 22.1 Å². The van der Waals surface area contributed by atoms with Gasteiger partial charge in [-0.05, 0) is 47.9 Å². The Morgan fingerprint density at radius 2 is 1.82 bits per heavy atom. The van der Waals surface area contributed by atoms with E-state index in [2.05, 4.69) is 6.58 Å². The summed E-state index contributed by atoms with van der Waals surface area (Å²) in [5.74, 6) is -0.332. The van der Waals surface area contributed by atoms with Gasteiger partial charge >= 0.3 is 6.09 Å². The Morgan fingerprint density at radius 3 is 2.45 bits per heavy atom. The Bertz CT molecular complexity index is 1220. The molecular formula is C27H27FN2O3. The second-order valence-electron chi connectivity index (χ2n) is 8.44. The van der Waals surface area contributed by atoms with E-state index in [0.29, 0.717) is 24.9 Å². The maximum Gasteiger partial charge on any atom is 0.411 e. The zero-order chi connectivity index (χ0) is 23.6. The molecule has 0 aliphatic carbocycles. The van der Waals surface area contributed by atoms with Gasteiger partial charge in [0.1, 0.15) is 11.4 Å². The second kappa shape index (κ2) is 9.06. The van der Waals surface area contributed by atoms with Crippen molar-refractivity contribution in [1.82, 2.24) is 9.47 Å². The number of pyridine rings is 1. The van der Waals surface area contributed by atoms with E-state index >= 15 is 0 Å². The van der Waals surface area contributed by atoms with Gasteiger partial charge in [0.05, 0.1) is 6.04 Å². The van der Waals surface area contributed by atoms with Gasteiger partial charge < -0.3 is 14.2 Å². The number of rotatable bonds is 6. The van der Waals surface area contributed by atoms with Crippen molar-refractivity contribution in [2.45, 2.75) is 31.4 Å². The molecule has 0 N–H and O–H groups in total. The average molecular weight is 447 g/mol. The van der Waals surface area contributed by atoms with E-state index in [4.69, 9.17) is 4.74 Å². The van der Waals surface area contributed by atoms with Gasteiger partial charge in [-0.25, -0.2) is 9.18 Å². The number of hydrogen-bond donors (Lipinski definition) is 0. The molecule has 0 bridgehead atoms. The molecule has 1 aliphatic rings. The number of benzene rings is 2. The fourth-order valence-electron chi connectivity index (χ4n) is 4.41. The lowest BCUT2D eigenvalue weighted by atomic mass is 9.85. The van der Waals surface area contributed by atoms with Crippen LogP contribution in [0.25, 0.3) is 11.1 Å². The Morgan fingerprint density at radius 1 is 1.12 bits per heavy atom. The maximum absolute atomic E-state index is 13.4. The van der Waals surface area contributed by atoms with Gasteiger partial charge in [0, 0.05) is 38.2 Å². The topological polar surface area (TPSA) is 51.5 Å². The Balaban J connectivity index is 1.54. The quantitative estimate of drug-likeness (QED) is 0.466. The van der Waals surface area contributed by atoms with Gasteiger partial charge in [0.2, 0.25) is 0 Å². The minimum atomic E-state index is -0.847. The summed E-state index contributed by atoms with van der Waals surface area (Å²) in [5.41, 5.74) is 2.26. The number of cyclic esters (lactones) is 1. The van der Waals surface area contributed by atoms with E-state index in [9.17, 15) is 14.0 Å². The van der Waals surface area contributed by atoms with Gasteiger partial charge in [0.15, 0.2) is 0 Å². The van der Waals surface area contributed by atoms with E-state index in [1.807, 2.05) is 37.3 Å².